The summed E-state index contributed by atoms with van der Waals surface area (Å²) in [5.74, 6) is -1.32. The van der Waals surface area contributed by atoms with Gasteiger partial charge in [-0.15, -0.1) is 0 Å². The van der Waals surface area contributed by atoms with Crippen LogP contribution in [0.5, 0.6) is 0 Å². The predicted molar refractivity (Wildman–Crippen MR) is 94.1 cm³/mol. The van der Waals surface area contributed by atoms with Crippen molar-refractivity contribution in [1.82, 2.24) is 5.32 Å². The number of hydrogen-bond acceptors (Lipinski definition) is 4. The van der Waals surface area contributed by atoms with Crippen LogP contribution in [0, 0.1) is 5.92 Å². The first kappa shape index (κ1) is 20.2. The summed E-state index contributed by atoms with van der Waals surface area (Å²) in [6.07, 6.45) is 0.663. The van der Waals surface area contributed by atoms with E-state index in [1.807, 2.05) is 24.3 Å². The van der Waals surface area contributed by atoms with Gasteiger partial charge in [-0.25, -0.2) is 9.59 Å². The van der Waals surface area contributed by atoms with Crippen LogP contribution in [0.4, 0.5) is 4.79 Å². The first-order valence-corrected chi connectivity index (χ1v) is 10.6. The molecule has 0 fully saturated rings. The third-order valence-electron chi connectivity index (χ3n) is 3.54. The molecule has 24 heavy (non-hydrogen) atoms. The molecule has 0 heterocycles. The Bertz CT molecular complexity index is 606. The number of aryl methyl sites for hydroxylation is 1. The number of rotatable bonds is 8. The standard InChI is InChI=1S/C17H26NO5P/c1-12(2)15(16(19)20)18-17(21)23-11-14-7-5-13(6-8-14)9-10-24(3,4)22/h5-8,12,15H,9-11H2,1-4H3,(H,18,21)(H,19,20). The first-order valence-electron chi connectivity index (χ1n) is 7.86. The molecule has 6 nitrogen and oxygen atoms in total. The summed E-state index contributed by atoms with van der Waals surface area (Å²) < 4.78 is 16.8. The quantitative estimate of drug-likeness (QED) is 0.699. The van der Waals surface area contributed by atoms with Gasteiger partial charge in [-0.3, -0.25) is 0 Å². The van der Waals surface area contributed by atoms with E-state index in [2.05, 4.69) is 5.32 Å². The van der Waals surface area contributed by atoms with Crippen LogP contribution in [0.25, 0.3) is 0 Å². The maximum atomic E-state index is 11.7. The molecule has 1 rings (SSSR count). The lowest BCUT2D eigenvalue weighted by Crippen LogP contribution is -2.44. The zero-order chi connectivity index (χ0) is 18.3. The van der Waals surface area contributed by atoms with Gasteiger partial charge in [0.2, 0.25) is 0 Å². The molecule has 0 radical (unpaired) electrons. The average molecular weight is 355 g/mol. The van der Waals surface area contributed by atoms with Crippen molar-refractivity contribution in [3.05, 3.63) is 35.4 Å². The highest BCUT2D eigenvalue weighted by molar-refractivity contribution is 7.62. The molecule has 0 aliphatic rings. The largest absolute Gasteiger partial charge is 0.480 e. The summed E-state index contributed by atoms with van der Waals surface area (Å²) in [5, 5.41) is 11.4. The zero-order valence-electron chi connectivity index (χ0n) is 14.6. The molecule has 0 spiro atoms. The second-order valence-electron chi connectivity index (χ2n) is 6.64. The third-order valence-corrected chi connectivity index (χ3v) is 4.84. The van der Waals surface area contributed by atoms with Gasteiger partial charge in [0.05, 0.1) is 7.14 Å². The van der Waals surface area contributed by atoms with E-state index in [0.29, 0.717) is 6.16 Å². The molecule has 0 aliphatic carbocycles. The van der Waals surface area contributed by atoms with Crippen LogP contribution < -0.4 is 5.32 Å². The number of benzene rings is 1. The van der Waals surface area contributed by atoms with E-state index in [1.165, 1.54) is 0 Å². The maximum absolute atomic E-state index is 11.7. The number of aliphatic carboxylic acids is 1. The highest BCUT2D eigenvalue weighted by atomic mass is 31.2. The van der Waals surface area contributed by atoms with Gasteiger partial charge >= 0.3 is 12.1 Å². The van der Waals surface area contributed by atoms with Crippen LogP contribution in [0.15, 0.2) is 24.3 Å². The fourth-order valence-corrected chi connectivity index (χ4v) is 2.83. The van der Waals surface area contributed by atoms with Crippen LogP contribution in [0.2, 0.25) is 0 Å². The predicted octanol–water partition coefficient (Wildman–Crippen LogP) is 3.19. The van der Waals surface area contributed by atoms with E-state index < -0.39 is 25.2 Å². The molecule has 1 atom stereocenters. The summed E-state index contributed by atoms with van der Waals surface area (Å²) in [7, 11) is -2.02. The molecule has 0 aromatic heterocycles. The summed E-state index contributed by atoms with van der Waals surface area (Å²) in [6.45, 7) is 7.04. The van der Waals surface area contributed by atoms with Crippen LogP contribution in [-0.4, -0.2) is 42.7 Å². The number of carbonyl (C=O) groups is 2. The molecular formula is C17H26NO5P. The second-order valence-corrected chi connectivity index (χ2v) is 10.2. The van der Waals surface area contributed by atoms with Crippen molar-refractivity contribution >= 4 is 19.2 Å². The van der Waals surface area contributed by atoms with Gasteiger partial charge in [0, 0.05) is 6.16 Å². The lowest BCUT2D eigenvalue weighted by Gasteiger charge is -2.17. The maximum Gasteiger partial charge on any atom is 0.408 e. The van der Waals surface area contributed by atoms with E-state index in [-0.39, 0.29) is 12.5 Å². The minimum Gasteiger partial charge on any atom is -0.480 e. The van der Waals surface area contributed by atoms with E-state index >= 15 is 0 Å². The molecular weight excluding hydrogens is 329 g/mol. The highest BCUT2D eigenvalue weighted by Crippen LogP contribution is 2.36. The van der Waals surface area contributed by atoms with E-state index in [0.717, 1.165) is 17.5 Å². The second kappa shape index (κ2) is 8.88. The number of amides is 1. The van der Waals surface area contributed by atoms with Gasteiger partial charge in [-0.05, 0) is 36.8 Å². The Morgan fingerprint density at radius 2 is 1.71 bits per heavy atom. The zero-order valence-corrected chi connectivity index (χ0v) is 15.5. The molecule has 0 saturated heterocycles. The van der Waals surface area contributed by atoms with Gasteiger partial charge in [-0.1, -0.05) is 38.1 Å². The van der Waals surface area contributed by atoms with E-state index in [1.54, 1.807) is 27.2 Å². The Hall–Kier alpha value is -1.81. The number of nitrogens with one attached hydrogen (secondary N) is 1. The number of carboxylic acids is 1. The highest BCUT2D eigenvalue weighted by Gasteiger charge is 2.23. The van der Waals surface area contributed by atoms with Crippen molar-refractivity contribution in [2.45, 2.75) is 32.9 Å². The van der Waals surface area contributed by atoms with Crippen molar-refractivity contribution < 1.29 is 24.0 Å². The van der Waals surface area contributed by atoms with Gasteiger partial charge in [0.25, 0.3) is 0 Å². The van der Waals surface area contributed by atoms with E-state index in [4.69, 9.17) is 9.84 Å². The van der Waals surface area contributed by atoms with Crippen LogP contribution >= 0.6 is 7.14 Å². The number of hydrogen-bond donors (Lipinski definition) is 2. The minimum absolute atomic E-state index is 0.0661. The molecule has 134 valence electrons. The summed E-state index contributed by atoms with van der Waals surface area (Å²) in [6, 6.07) is 6.55. The molecule has 1 aromatic carbocycles. The van der Waals surface area contributed by atoms with Crippen LogP contribution in [0.1, 0.15) is 25.0 Å². The summed E-state index contributed by atoms with van der Waals surface area (Å²) in [5.41, 5.74) is 1.89. The lowest BCUT2D eigenvalue weighted by molar-refractivity contribution is -0.140. The Morgan fingerprint density at radius 3 is 2.17 bits per heavy atom. The molecule has 0 bridgehead atoms. The molecule has 1 aromatic rings. The molecule has 7 heteroatoms. The molecule has 1 amide bonds. The normalized spacial score (nSPS) is 12.7. The van der Waals surface area contributed by atoms with Crippen molar-refractivity contribution in [1.29, 1.82) is 0 Å². The summed E-state index contributed by atoms with van der Waals surface area (Å²) >= 11 is 0. The number of ether oxygens (including phenoxy) is 1. The minimum atomic E-state index is -2.02. The lowest BCUT2D eigenvalue weighted by atomic mass is 10.1. The Balaban J connectivity index is 2.48. The topological polar surface area (TPSA) is 92.7 Å². The van der Waals surface area contributed by atoms with Gasteiger partial charge in [-0.2, -0.15) is 0 Å². The van der Waals surface area contributed by atoms with Crippen LogP contribution in [-0.2, 0) is 27.1 Å². The van der Waals surface area contributed by atoms with Crippen molar-refractivity contribution in [2.24, 2.45) is 5.92 Å². The third kappa shape index (κ3) is 7.64. The van der Waals surface area contributed by atoms with Crippen molar-refractivity contribution in [3.63, 3.8) is 0 Å². The Labute approximate surface area is 143 Å². The SMILES string of the molecule is CC(C)C(NC(=O)OCc1ccc(CCP(C)(C)=O)cc1)C(=O)O. The molecule has 2 N–H and O–H groups in total. The number of carboxylic acid groups (broad SMARTS) is 1. The molecule has 1 unspecified atom stereocenters. The number of alkyl carbamates (subject to hydrolysis) is 1. The molecule has 0 saturated carbocycles. The Kier molecular flexibility index (Phi) is 7.49. The average Bonchev–Trinajstić information content (AvgIpc) is 2.48. The fraction of sp³-hybridized carbons (Fsp3) is 0.529. The molecule has 0 aliphatic heterocycles. The van der Waals surface area contributed by atoms with Gasteiger partial charge < -0.3 is 19.7 Å². The van der Waals surface area contributed by atoms with Gasteiger partial charge in [0.1, 0.15) is 12.6 Å². The van der Waals surface area contributed by atoms with Gasteiger partial charge in [0.15, 0.2) is 0 Å². The smallest absolute Gasteiger partial charge is 0.408 e. The number of carbonyl (C=O) groups excluding carboxylic acids is 1. The van der Waals surface area contributed by atoms with Crippen molar-refractivity contribution in [2.75, 3.05) is 19.5 Å². The Morgan fingerprint density at radius 1 is 1.17 bits per heavy atom. The van der Waals surface area contributed by atoms with Crippen molar-refractivity contribution in [3.8, 4) is 0 Å². The van der Waals surface area contributed by atoms with Crippen LogP contribution in [0.3, 0.4) is 0 Å². The fourth-order valence-electron chi connectivity index (χ4n) is 2.03. The summed E-state index contributed by atoms with van der Waals surface area (Å²) in [4.78, 5) is 22.7. The first-order chi connectivity index (χ1) is 11.1. The monoisotopic (exact) mass is 355 g/mol. The van der Waals surface area contributed by atoms with E-state index in [9.17, 15) is 14.2 Å².